The molecule has 0 radical (unpaired) electrons. The second-order valence-electron chi connectivity index (χ2n) is 10.2. The van der Waals surface area contributed by atoms with E-state index < -0.39 is 12.2 Å². The predicted octanol–water partition coefficient (Wildman–Crippen LogP) is 5.10. The summed E-state index contributed by atoms with van der Waals surface area (Å²) in [7, 11) is 0. The molecule has 6 heteroatoms. The number of benzene rings is 2. The first-order valence-corrected chi connectivity index (χ1v) is 12.4. The zero-order chi connectivity index (χ0) is 25.5. The first kappa shape index (κ1) is 23.0. The highest BCUT2D eigenvalue weighted by atomic mass is 16.5. The number of ketones is 4. The summed E-state index contributed by atoms with van der Waals surface area (Å²) >= 11 is 0. The van der Waals surface area contributed by atoms with Crippen LogP contribution in [-0.2, 0) is 9.47 Å². The van der Waals surface area contributed by atoms with Crippen molar-refractivity contribution < 1.29 is 28.7 Å². The van der Waals surface area contributed by atoms with Crippen LogP contribution < -0.4 is 0 Å². The van der Waals surface area contributed by atoms with Gasteiger partial charge < -0.3 is 9.47 Å². The molecule has 0 fully saturated rings. The van der Waals surface area contributed by atoms with E-state index in [1.165, 1.54) is 0 Å². The SMILES string of the molecule is C[C@H]1CC2=C(C(=O)c3cc(-c4ccc5c(c4)C(=O)C4=C(C[C@H](C)O[C@@H]4C)C5=O)ccc3C2=O)[C@@H](C)O1. The van der Waals surface area contributed by atoms with Crippen LogP contribution >= 0.6 is 0 Å². The molecule has 2 aliphatic heterocycles. The molecule has 0 saturated heterocycles. The highest BCUT2D eigenvalue weighted by Gasteiger charge is 2.40. The highest BCUT2D eigenvalue weighted by molar-refractivity contribution is 6.29. The Morgan fingerprint density at radius 1 is 0.556 bits per heavy atom. The van der Waals surface area contributed by atoms with Gasteiger partial charge in [0, 0.05) is 57.4 Å². The summed E-state index contributed by atoms with van der Waals surface area (Å²) in [5.41, 5.74) is 4.84. The van der Waals surface area contributed by atoms with Gasteiger partial charge in [0.1, 0.15) is 0 Å². The number of carbonyl (C=O) groups excluding carboxylic acids is 4. The van der Waals surface area contributed by atoms with Gasteiger partial charge in [0.25, 0.3) is 0 Å². The number of hydrogen-bond acceptors (Lipinski definition) is 6. The molecule has 6 nitrogen and oxygen atoms in total. The van der Waals surface area contributed by atoms with Crippen LogP contribution in [0.3, 0.4) is 0 Å². The molecule has 0 saturated carbocycles. The van der Waals surface area contributed by atoms with Crippen molar-refractivity contribution in [3.05, 3.63) is 80.9 Å². The fourth-order valence-electron chi connectivity index (χ4n) is 6.12. The van der Waals surface area contributed by atoms with Crippen molar-refractivity contribution in [3.8, 4) is 11.1 Å². The molecular weight excluding hydrogens is 456 g/mol. The Hall–Kier alpha value is -3.48. The summed E-state index contributed by atoms with van der Waals surface area (Å²) in [6.45, 7) is 7.41. The standard InChI is InChI=1S/C30H26O6/c1-13-9-23-25(15(3)35-13)29(33)21-11-17(5-7-19(21)27(23)31)18-6-8-20-22(12-18)30(34)26-16(4)36-14(2)10-24(26)28(20)32/h5-8,11-16H,9-10H2,1-4H3/t13-,14-,15+,16+/m0/s1. The third-order valence-corrected chi connectivity index (χ3v) is 7.71. The number of fused-ring (bicyclic) bond motifs is 2. The Kier molecular flexibility index (Phi) is 5.11. The largest absolute Gasteiger partial charge is 0.370 e. The van der Waals surface area contributed by atoms with Crippen molar-refractivity contribution in [2.75, 3.05) is 0 Å². The van der Waals surface area contributed by atoms with Gasteiger partial charge in [-0.1, -0.05) is 12.1 Å². The van der Waals surface area contributed by atoms with E-state index >= 15 is 0 Å². The highest BCUT2D eigenvalue weighted by Crippen LogP contribution is 2.39. The summed E-state index contributed by atoms with van der Waals surface area (Å²) in [6.07, 6.45) is -0.300. The summed E-state index contributed by atoms with van der Waals surface area (Å²) in [5, 5.41) is 0. The zero-order valence-electron chi connectivity index (χ0n) is 20.6. The van der Waals surface area contributed by atoms with Crippen LogP contribution in [0.1, 0.15) is 82.0 Å². The number of hydrogen-bond donors (Lipinski definition) is 0. The van der Waals surface area contributed by atoms with Crippen molar-refractivity contribution in [2.24, 2.45) is 0 Å². The van der Waals surface area contributed by atoms with Crippen molar-refractivity contribution in [2.45, 2.75) is 65.0 Å². The molecule has 6 rings (SSSR count). The lowest BCUT2D eigenvalue weighted by molar-refractivity contribution is 0.0146. The minimum absolute atomic E-state index is 0.122. The molecule has 0 N–H and O–H groups in total. The van der Waals surface area contributed by atoms with E-state index in [1.54, 1.807) is 50.2 Å². The van der Waals surface area contributed by atoms with Gasteiger partial charge in [-0.15, -0.1) is 0 Å². The molecule has 0 amide bonds. The second-order valence-corrected chi connectivity index (χ2v) is 10.2. The fraction of sp³-hybridized carbons (Fsp3) is 0.333. The lowest BCUT2D eigenvalue weighted by atomic mass is 9.77. The van der Waals surface area contributed by atoms with E-state index in [0.29, 0.717) is 68.5 Å². The fourth-order valence-corrected chi connectivity index (χ4v) is 6.12. The molecule has 2 aliphatic carbocycles. The maximum Gasteiger partial charge on any atom is 0.192 e. The van der Waals surface area contributed by atoms with Gasteiger partial charge in [0.2, 0.25) is 0 Å². The molecule has 2 aromatic rings. The molecule has 4 atom stereocenters. The molecule has 0 unspecified atom stereocenters. The van der Waals surface area contributed by atoms with E-state index in [9.17, 15) is 19.2 Å². The van der Waals surface area contributed by atoms with E-state index in [4.69, 9.17) is 9.47 Å². The van der Waals surface area contributed by atoms with Gasteiger partial charge in [-0.25, -0.2) is 0 Å². The molecule has 0 spiro atoms. The molecular formula is C30H26O6. The van der Waals surface area contributed by atoms with Gasteiger partial charge >= 0.3 is 0 Å². The van der Waals surface area contributed by atoms with Crippen LogP contribution in [0.15, 0.2) is 58.7 Å². The van der Waals surface area contributed by atoms with Crippen LogP contribution in [0.2, 0.25) is 0 Å². The second kappa shape index (κ2) is 8.02. The third-order valence-electron chi connectivity index (χ3n) is 7.71. The monoisotopic (exact) mass is 482 g/mol. The first-order valence-electron chi connectivity index (χ1n) is 12.4. The quantitative estimate of drug-likeness (QED) is 0.562. The topological polar surface area (TPSA) is 86.7 Å². The minimum Gasteiger partial charge on any atom is -0.370 e. The Morgan fingerprint density at radius 3 is 1.33 bits per heavy atom. The molecule has 0 bridgehead atoms. The number of carbonyl (C=O) groups is 4. The average Bonchev–Trinajstić information content (AvgIpc) is 2.84. The Morgan fingerprint density at radius 2 is 0.944 bits per heavy atom. The number of ether oxygens (including phenoxy) is 2. The summed E-state index contributed by atoms with van der Waals surface area (Å²) < 4.78 is 11.7. The Balaban J connectivity index is 1.42. The van der Waals surface area contributed by atoms with E-state index in [1.807, 2.05) is 13.8 Å². The maximum atomic E-state index is 13.4. The zero-order valence-corrected chi connectivity index (χ0v) is 20.6. The van der Waals surface area contributed by atoms with Gasteiger partial charge in [0.15, 0.2) is 23.1 Å². The lowest BCUT2D eigenvalue weighted by Crippen LogP contribution is -2.36. The van der Waals surface area contributed by atoms with Crippen molar-refractivity contribution in [1.29, 1.82) is 0 Å². The smallest absolute Gasteiger partial charge is 0.192 e. The summed E-state index contributed by atoms with van der Waals surface area (Å²) in [5.74, 6) is -0.636. The molecule has 36 heavy (non-hydrogen) atoms. The van der Waals surface area contributed by atoms with E-state index in [2.05, 4.69) is 0 Å². The van der Waals surface area contributed by atoms with Crippen molar-refractivity contribution >= 4 is 23.1 Å². The predicted molar refractivity (Wildman–Crippen MR) is 133 cm³/mol. The van der Waals surface area contributed by atoms with Gasteiger partial charge in [-0.2, -0.15) is 0 Å². The van der Waals surface area contributed by atoms with E-state index in [-0.39, 0.29) is 35.3 Å². The van der Waals surface area contributed by atoms with E-state index in [0.717, 1.165) is 0 Å². The number of rotatable bonds is 1. The van der Waals surface area contributed by atoms with Crippen LogP contribution in [-0.4, -0.2) is 47.5 Å². The van der Waals surface area contributed by atoms with Crippen LogP contribution in [0.5, 0.6) is 0 Å². The van der Waals surface area contributed by atoms with Crippen LogP contribution in [0, 0.1) is 0 Å². The first-order chi connectivity index (χ1) is 17.2. The summed E-state index contributed by atoms with van der Waals surface area (Å²) in [6, 6.07) is 10.4. The molecule has 4 aliphatic rings. The van der Waals surface area contributed by atoms with Gasteiger partial charge in [-0.05, 0) is 63.1 Å². The maximum absolute atomic E-state index is 13.4. The third kappa shape index (κ3) is 3.25. The molecule has 182 valence electrons. The minimum atomic E-state index is -0.450. The normalized spacial score (nSPS) is 27.6. The van der Waals surface area contributed by atoms with Crippen LogP contribution in [0.4, 0.5) is 0 Å². The van der Waals surface area contributed by atoms with Crippen molar-refractivity contribution in [3.63, 3.8) is 0 Å². The van der Waals surface area contributed by atoms with Crippen molar-refractivity contribution in [1.82, 2.24) is 0 Å². The Labute approximate surface area is 209 Å². The van der Waals surface area contributed by atoms with Crippen LogP contribution in [0.25, 0.3) is 11.1 Å². The lowest BCUT2D eigenvalue weighted by Gasteiger charge is -2.33. The van der Waals surface area contributed by atoms with Gasteiger partial charge in [-0.3, -0.25) is 19.2 Å². The molecule has 0 aromatic heterocycles. The van der Waals surface area contributed by atoms with Gasteiger partial charge in [0.05, 0.1) is 24.4 Å². The number of Topliss-reactive ketones (excluding diaryl/α,β-unsaturated/α-hetero) is 4. The average molecular weight is 483 g/mol. The molecule has 2 heterocycles. The molecule has 2 aromatic carbocycles. The Bertz CT molecular complexity index is 1360. The summed E-state index contributed by atoms with van der Waals surface area (Å²) in [4.78, 5) is 53.3.